The van der Waals surface area contributed by atoms with Crippen molar-refractivity contribution < 1.29 is 53.1 Å². The molecule has 18 aliphatic rings. The van der Waals surface area contributed by atoms with Crippen molar-refractivity contribution in [1.82, 2.24) is 10.2 Å². The summed E-state index contributed by atoms with van der Waals surface area (Å²) in [6.45, 7) is 6.38. The van der Waals surface area contributed by atoms with Gasteiger partial charge in [0.05, 0.1) is 54.9 Å². The zero-order valence-corrected chi connectivity index (χ0v) is 53.7. The third-order valence-electron chi connectivity index (χ3n) is 32.7. The Morgan fingerprint density at radius 2 is 1.74 bits per heavy atom. The summed E-state index contributed by atoms with van der Waals surface area (Å²) in [5, 5.41) is 42.1. The molecule has 5 saturated heterocycles. The number of benzene rings is 1. The number of fused-ring (bicyclic) bond motifs is 6. The van der Waals surface area contributed by atoms with Crippen molar-refractivity contribution in [2.24, 2.45) is 122 Å². The summed E-state index contributed by atoms with van der Waals surface area (Å²) >= 11 is 0. The summed E-state index contributed by atoms with van der Waals surface area (Å²) < 4.78 is 38.1. The molecule has 7 spiro atoms. The Balaban J connectivity index is 0.805. The summed E-state index contributed by atoms with van der Waals surface area (Å²) in [5.41, 5.74) is -6.00. The summed E-state index contributed by atoms with van der Waals surface area (Å²) in [6.07, 6.45) is 27.2. The molecule has 13 heteroatoms. The van der Waals surface area contributed by atoms with E-state index in [2.05, 4.69) is 84.6 Å². The zero-order valence-electron chi connectivity index (χ0n) is 53.7. The number of hydrogen-bond donors (Lipinski definition) is 4. The van der Waals surface area contributed by atoms with Gasteiger partial charge in [-0.05, 0) is 221 Å². The van der Waals surface area contributed by atoms with Gasteiger partial charge in [0.2, 0.25) is 0 Å². The number of aliphatic hydroxyl groups is 3. The number of rotatable bonds is 8. The van der Waals surface area contributed by atoms with E-state index in [1.807, 2.05) is 6.07 Å². The fourth-order valence-electron chi connectivity index (χ4n) is 30.1. The molecule has 0 radical (unpaired) electrons. The third kappa shape index (κ3) is 6.51. The number of allylic oxidation sites excluding steroid dienone is 1. The van der Waals surface area contributed by atoms with E-state index in [1.54, 1.807) is 6.26 Å². The van der Waals surface area contributed by atoms with Gasteiger partial charge in [-0.2, -0.15) is 0 Å². The van der Waals surface area contributed by atoms with Crippen LogP contribution in [0.4, 0.5) is 0 Å². The second kappa shape index (κ2) is 19.0. The maximum absolute atomic E-state index is 18.1. The van der Waals surface area contributed by atoms with E-state index in [1.165, 1.54) is 43.2 Å². The Morgan fingerprint density at radius 3 is 2.62 bits per heavy atom. The number of ketones is 1. The van der Waals surface area contributed by atoms with Crippen LogP contribution in [0.25, 0.3) is 0 Å². The fourth-order valence-corrected chi connectivity index (χ4v) is 30.1. The van der Waals surface area contributed by atoms with Gasteiger partial charge in [-0.3, -0.25) is 14.9 Å². The lowest BCUT2D eigenvalue weighted by Crippen LogP contribution is -2.84. The van der Waals surface area contributed by atoms with Crippen LogP contribution in [0.3, 0.4) is 0 Å². The molecule has 13 nitrogen and oxygen atoms in total. The highest BCUT2D eigenvalue weighted by molar-refractivity contribution is 5.94. The van der Waals surface area contributed by atoms with Crippen molar-refractivity contribution in [3.05, 3.63) is 83.5 Å². The van der Waals surface area contributed by atoms with Gasteiger partial charge in [0.1, 0.15) is 29.7 Å². The molecule has 15 fully saturated rings. The summed E-state index contributed by atoms with van der Waals surface area (Å²) in [6, 6.07) is 13.2. The number of carbonyl (C=O) groups is 3. The van der Waals surface area contributed by atoms with E-state index in [-0.39, 0.29) is 77.5 Å². The molecule has 2 aromatic rings. The van der Waals surface area contributed by atoms with Crippen LogP contribution in [0.2, 0.25) is 0 Å². The molecule has 29 unspecified atom stereocenters. The first-order valence-corrected chi connectivity index (χ1v) is 36.9. The van der Waals surface area contributed by atoms with Crippen LogP contribution < -0.4 is 5.32 Å². The number of esters is 2. The van der Waals surface area contributed by atoms with Crippen molar-refractivity contribution in [3.63, 3.8) is 0 Å². The van der Waals surface area contributed by atoms with Gasteiger partial charge in [0.25, 0.3) is 0 Å². The first kappa shape index (κ1) is 57.0. The van der Waals surface area contributed by atoms with Crippen molar-refractivity contribution in [2.75, 3.05) is 26.4 Å². The maximum atomic E-state index is 18.1. The molecule has 10 saturated carbocycles. The zero-order chi connectivity index (χ0) is 61.2. The van der Waals surface area contributed by atoms with Crippen LogP contribution in [0.5, 0.6) is 0 Å². The molecular formula is C78H96N2O11. The Bertz CT molecular complexity index is 3550. The summed E-state index contributed by atoms with van der Waals surface area (Å²) in [7, 11) is 0. The molecule has 9 bridgehead atoms. The second-order valence-corrected chi connectivity index (χ2v) is 34.7. The van der Waals surface area contributed by atoms with Crippen LogP contribution in [0.1, 0.15) is 172 Å². The Kier molecular flexibility index (Phi) is 11.9. The Morgan fingerprint density at radius 1 is 0.868 bits per heavy atom. The van der Waals surface area contributed by atoms with Crippen LogP contribution in [0, 0.1) is 134 Å². The van der Waals surface area contributed by atoms with Gasteiger partial charge >= 0.3 is 11.9 Å². The quantitative estimate of drug-likeness (QED) is 0.0850. The number of hydrogen-bond acceptors (Lipinski definition) is 13. The standard InChI is InChI=1S/C78H96N2O11/c1-43-53-16-7-6-13-46(53)21-28-71(43)25-10-26-74-61(71)35-52-34-51-15-9-24-72(51)38-50-37-70(2)75(56-23-30-87-60(56)36-55(59(82)40-81)48-19-20-54-49(33-48)22-29-80-42-79-39-58(54)80)27-8-14-47-18-17-45(31-44-11-4-3-5-12-44)32-57(47)76(78(70)67(89-78)69(86)90-75)63(50)73(64(74)62(83)66(76)84)41-88-68(85)65(72)77(52,73)91-74/h3-5,11-12,22-23,29-30,35,43,45-51,53-55,57-59,61,63-67,79,81-82,84H,6-7,9-10,13,15-21,24-28,31-34,36-42H2,1-2H3. The number of cyclic esters (lactones) is 1. The van der Waals surface area contributed by atoms with Gasteiger partial charge < -0.3 is 43.6 Å². The average Bonchev–Trinajstić information content (AvgIpc) is 1.43. The summed E-state index contributed by atoms with van der Waals surface area (Å²) in [4.78, 5) is 52.9. The lowest BCUT2D eigenvalue weighted by molar-refractivity contribution is -0.315. The van der Waals surface area contributed by atoms with Gasteiger partial charge in [-0.25, -0.2) is 4.79 Å². The van der Waals surface area contributed by atoms with E-state index in [0.29, 0.717) is 61.2 Å². The molecule has 11 aliphatic carbocycles. The van der Waals surface area contributed by atoms with Crippen LogP contribution in [-0.4, -0.2) is 106 Å². The van der Waals surface area contributed by atoms with Gasteiger partial charge in [0, 0.05) is 47.2 Å². The molecule has 20 rings (SSSR count). The number of furan rings is 1. The number of nitrogens with zero attached hydrogens (tertiary/aromatic N) is 1. The minimum atomic E-state index is -1.55. The number of Topliss-reactive ketones (excluding diaryl/α,β-unsaturated/α-hetero) is 1. The molecule has 29 atom stereocenters. The smallest absolute Gasteiger partial charge is 0.339 e. The minimum Gasteiger partial charge on any atom is -0.469 e. The first-order chi connectivity index (χ1) is 44.2. The number of nitrogens with one attached hydrogen (secondary N) is 1. The lowest BCUT2D eigenvalue weighted by atomic mass is 9.28. The van der Waals surface area contributed by atoms with E-state index < -0.39 is 92.7 Å². The fraction of sp³-hybridized carbons (Fsp3) is 0.756. The maximum Gasteiger partial charge on any atom is 0.339 e. The van der Waals surface area contributed by atoms with Crippen LogP contribution in [-0.2, 0) is 51.8 Å². The van der Waals surface area contributed by atoms with Crippen molar-refractivity contribution in [3.8, 4) is 11.8 Å². The molecule has 0 amide bonds. The number of epoxide rings is 1. The topological polar surface area (TPSA) is 181 Å². The highest BCUT2D eigenvalue weighted by atomic mass is 16.7. The predicted octanol–water partition coefficient (Wildman–Crippen LogP) is 10.6. The predicted molar refractivity (Wildman–Crippen MR) is 334 cm³/mol. The van der Waals surface area contributed by atoms with Crippen molar-refractivity contribution in [2.45, 2.75) is 215 Å². The normalized spacial score (nSPS) is 53.9. The van der Waals surface area contributed by atoms with E-state index >= 15 is 19.5 Å². The van der Waals surface area contributed by atoms with Gasteiger partial charge in [0.15, 0.2) is 17.5 Å². The monoisotopic (exact) mass is 1240 g/mol. The largest absolute Gasteiger partial charge is 0.469 e. The number of ether oxygens (including phenoxy) is 4. The Hall–Kier alpha value is -4.29. The lowest BCUT2D eigenvalue weighted by Gasteiger charge is -2.74. The van der Waals surface area contributed by atoms with E-state index in [0.717, 1.165) is 115 Å². The minimum absolute atomic E-state index is 0.0482. The second-order valence-electron chi connectivity index (χ2n) is 34.7. The number of carbonyl (C=O) groups excluding carboxylic acids is 3. The van der Waals surface area contributed by atoms with Crippen molar-refractivity contribution >= 4 is 17.7 Å². The number of aliphatic hydroxyl groups excluding tert-OH is 3. The first-order valence-electron chi connectivity index (χ1n) is 36.9. The molecular weight excluding hydrogens is 1140 g/mol. The third-order valence-corrected chi connectivity index (χ3v) is 32.7. The molecule has 91 heavy (non-hydrogen) atoms. The van der Waals surface area contributed by atoms with Gasteiger partial charge in [-0.15, -0.1) is 0 Å². The van der Waals surface area contributed by atoms with E-state index in [9.17, 15) is 10.2 Å². The highest BCUT2D eigenvalue weighted by Gasteiger charge is 3.00. The Labute approximate surface area is 536 Å². The van der Waals surface area contributed by atoms with Crippen LogP contribution >= 0.6 is 0 Å². The molecule has 1 aromatic carbocycles. The van der Waals surface area contributed by atoms with E-state index in [4.69, 9.17) is 23.4 Å². The molecule has 7 aliphatic heterocycles. The molecule has 4 N–H and O–H groups in total. The molecule has 1 aromatic heterocycles. The van der Waals surface area contributed by atoms with Crippen LogP contribution in [0.15, 0.2) is 71.0 Å². The van der Waals surface area contributed by atoms with Crippen molar-refractivity contribution in [1.29, 1.82) is 0 Å². The van der Waals surface area contributed by atoms with Gasteiger partial charge in [-0.1, -0.05) is 93.9 Å². The molecule has 8 heterocycles. The summed E-state index contributed by atoms with van der Waals surface area (Å²) in [5.74, 6) is 7.73. The highest BCUT2D eigenvalue weighted by Crippen LogP contribution is 2.92. The average molecular weight is 1240 g/mol. The SMILES string of the molecule is CC1C2CCCCC2CCC12CCCC13OC45C(=CC21)CC1CCCC12CC1CC6(C)C7(c8ccoc8CC(C(O)CO)C8CCC9C(C=CN%10CNCC9%10)C8)CC#CC8CCC(Cc9ccccc9)CC8C8(C(O)C(=O)C3C4(COC(=O)C25)C18)C61OC1C(=O)O7. The molecule has 484 valence electrons.